The van der Waals surface area contributed by atoms with E-state index in [4.69, 9.17) is 4.74 Å². The van der Waals surface area contributed by atoms with Crippen molar-refractivity contribution in [1.82, 2.24) is 0 Å². The molecule has 1 aliphatic carbocycles. The van der Waals surface area contributed by atoms with Gasteiger partial charge in [-0.25, -0.2) is 4.79 Å². The third kappa shape index (κ3) is 1.38. The largest absolute Gasteiger partial charge is 0.507 e. The Morgan fingerprint density at radius 2 is 2.29 bits per heavy atom. The first-order valence-electron chi connectivity index (χ1n) is 5.76. The molecule has 0 unspecified atom stereocenters. The number of phenols is 1. The SMILES string of the molecule is Cc1cc2c(c(C3(N=C=O)CC3)c1O)CCO2. The standard InChI is InChI=1S/C13H13NO3/c1-8-6-10-9(2-5-17-10)11(12(8)16)13(3-4-13)14-7-15/h6,16H,2-5H2,1H3. The Kier molecular flexibility index (Phi) is 2.04. The maximum absolute atomic E-state index is 10.5. The smallest absolute Gasteiger partial charge is 0.235 e. The molecule has 0 saturated heterocycles. The van der Waals surface area contributed by atoms with Crippen LogP contribution in [0.4, 0.5) is 0 Å². The highest BCUT2D eigenvalue weighted by atomic mass is 16.5. The molecule has 0 atom stereocenters. The molecule has 1 aliphatic heterocycles. The van der Waals surface area contributed by atoms with Gasteiger partial charge in [0.1, 0.15) is 17.0 Å². The number of benzene rings is 1. The number of isocyanates is 1. The van der Waals surface area contributed by atoms with Crippen LogP contribution in [0.5, 0.6) is 11.5 Å². The summed E-state index contributed by atoms with van der Waals surface area (Å²) in [6.45, 7) is 2.47. The van der Waals surface area contributed by atoms with Crippen molar-refractivity contribution in [3.05, 3.63) is 22.8 Å². The van der Waals surface area contributed by atoms with Crippen molar-refractivity contribution in [3.63, 3.8) is 0 Å². The van der Waals surface area contributed by atoms with Gasteiger partial charge in [-0.1, -0.05) is 0 Å². The molecule has 0 aromatic heterocycles. The molecule has 0 bridgehead atoms. The molecule has 1 fully saturated rings. The van der Waals surface area contributed by atoms with Crippen LogP contribution in [0.15, 0.2) is 11.1 Å². The molecule has 1 aromatic carbocycles. The van der Waals surface area contributed by atoms with Crippen LogP contribution in [-0.4, -0.2) is 17.8 Å². The van der Waals surface area contributed by atoms with E-state index in [1.54, 1.807) is 6.08 Å². The van der Waals surface area contributed by atoms with E-state index in [1.165, 1.54) is 0 Å². The zero-order valence-corrected chi connectivity index (χ0v) is 9.62. The first-order chi connectivity index (χ1) is 8.18. The summed E-state index contributed by atoms with van der Waals surface area (Å²) in [4.78, 5) is 14.4. The third-order valence-electron chi connectivity index (χ3n) is 3.62. The molecule has 1 saturated carbocycles. The zero-order chi connectivity index (χ0) is 12.0. The summed E-state index contributed by atoms with van der Waals surface area (Å²) in [6, 6.07) is 1.85. The van der Waals surface area contributed by atoms with Crippen molar-refractivity contribution < 1.29 is 14.6 Å². The van der Waals surface area contributed by atoms with Crippen molar-refractivity contribution in [2.24, 2.45) is 4.99 Å². The zero-order valence-electron chi connectivity index (χ0n) is 9.62. The van der Waals surface area contributed by atoms with E-state index in [2.05, 4.69) is 4.99 Å². The fourth-order valence-corrected chi connectivity index (χ4v) is 2.58. The van der Waals surface area contributed by atoms with Crippen molar-refractivity contribution in [2.75, 3.05) is 6.61 Å². The van der Waals surface area contributed by atoms with Crippen molar-refractivity contribution in [1.29, 1.82) is 0 Å². The number of rotatable bonds is 2. The number of aromatic hydroxyl groups is 1. The highest BCUT2D eigenvalue weighted by Gasteiger charge is 2.49. The number of hydrogen-bond acceptors (Lipinski definition) is 4. The van der Waals surface area contributed by atoms with Gasteiger partial charge in [0.15, 0.2) is 0 Å². The Morgan fingerprint density at radius 1 is 1.53 bits per heavy atom. The van der Waals surface area contributed by atoms with Gasteiger partial charge in [-0.15, -0.1) is 0 Å². The van der Waals surface area contributed by atoms with Crippen LogP contribution < -0.4 is 4.74 Å². The van der Waals surface area contributed by atoms with Crippen LogP contribution in [0.25, 0.3) is 0 Å². The number of ether oxygens (including phenoxy) is 1. The number of carbonyl (C=O) groups excluding carboxylic acids is 1. The van der Waals surface area contributed by atoms with Crippen LogP contribution in [0.2, 0.25) is 0 Å². The lowest BCUT2D eigenvalue weighted by Crippen LogP contribution is -2.07. The molecular formula is C13H13NO3. The molecule has 1 aromatic rings. The molecule has 0 radical (unpaired) electrons. The highest BCUT2D eigenvalue weighted by molar-refractivity contribution is 5.59. The first kappa shape index (κ1) is 10.4. The van der Waals surface area contributed by atoms with Crippen LogP contribution >= 0.6 is 0 Å². The van der Waals surface area contributed by atoms with E-state index in [1.807, 2.05) is 13.0 Å². The van der Waals surface area contributed by atoms with Gasteiger partial charge in [-0.05, 0) is 31.4 Å². The molecule has 4 nitrogen and oxygen atoms in total. The second kappa shape index (κ2) is 3.34. The van der Waals surface area contributed by atoms with Gasteiger partial charge >= 0.3 is 0 Å². The van der Waals surface area contributed by atoms with Crippen LogP contribution in [0.3, 0.4) is 0 Å². The van der Waals surface area contributed by atoms with E-state index < -0.39 is 5.54 Å². The van der Waals surface area contributed by atoms with Crippen molar-refractivity contribution >= 4 is 6.08 Å². The molecule has 17 heavy (non-hydrogen) atoms. The monoisotopic (exact) mass is 231 g/mol. The van der Waals surface area contributed by atoms with Crippen LogP contribution in [0.1, 0.15) is 29.5 Å². The molecule has 1 N–H and O–H groups in total. The van der Waals surface area contributed by atoms with Crippen molar-refractivity contribution in [2.45, 2.75) is 31.7 Å². The lowest BCUT2D eigenvalue weighted by Gasteiger charge is -2.16. The minimum Gasteiger partial charge on any atom is -0.507 e. The summed E-state index contributed by atoms with van der Waals surface area (Å²) >= 11 is 0. The van der Waals surface area contributed by atoms with Gasteiger partial charge in [0.25, 0.3) is 0 Å². The summed E-state index contributed by atoms with van der Waals surface area (Å²) < 4.78 is 5.52. The lowest BCUT2D eigenvalue weighted by atomic mass is 9.93. The van der Waals surface area contributed by atoms with Gasteiger partial charge < -0.3 is 9.84 Å². The van der Waals surface area contributed by atoms with E-state index in [0.717, 1.165) is 41.7 Å². The normalized spacial score (nSPS) is 19.1. The number of hydrogen-bond donors (Lipinski definition) is 1. The number of aliphatic imine (C=N–C) groups is 1. The average Bonchev–Trinajstić information content (AvgIpc) is 2.91. The molecule has 0 amide bonds. The summed E-state index contributed by atoms with van der Waals surface area (Å²) in [5.74, 6) is 1.08. The number of aryl methyl sites for hydroxylation is 1. The van der Waals surface area contributed by atoms with Gasteiger partial charge in [-0.3, -0.25) is 0 Å². The fraction of sp³-hybridized carbons (Fsp3) is 0.462. The summed E-state index contributed by atoms with van der Waals surface area (Å²) in [5.41, 5.74) is 2.03. The topological polar surface area (TPSA) is 58.9 Å². The Labute approximate surface area is 98.9 Å². The van der Waals surface area contributed by atoms with Crippen LogP contribution in [-0.2, 0) is 16.8 Å². The Hall–Kier alpha value is -1.80. The van der Waals surface area contributed by atoms with E-state index >= 15 is 0 Å². The van der Waals surface area contributed by atoms with Gasteiger partial charge in [-0.2, -0.15) is 4.99 Å². The molecule has 1 heterocycles. The van der Waals surface area contributed by atoms with Crippen molar-refractivity contribution in [3.8, 4) is 11.5 Å². The van der Waals surface area contributed by atoms with E-state index in [9.17, 15) is 9.90 Å². The number of phenolic OH excluding ortho intramolecular Hbond substituents is 1. The van der Waals surface area contributed by atoms with E-state index in [0.29, 0.717) is 6.61 Å². The third-order valence-corrected chi connectivity index (χ3v) is 3.62. The lowest BCUT2D eigenvalue weighted by molar-refractivity contribution is 0.356. The molecular weight excluding hydrogens is 218 g/mol. The minimum absolute atomic E-state index is 0.255. The second-order valence-corrected chi connectivity index (χ2v) is 4.73. The predicted octanol–water partition coefficient (Wildman–Crippen LogP) is 1.96. The number of fused-ring (bicyclic) bond motifs is 1. The quantitative estimate of drug-likeness (QED) is 0.625. The molecule has 0 spiro atoms. The maximum atomic E-state index is 10.5. The van der Waals surface area contributed by atoms with Crippen LogP contribution in [0, 0.1) is 6.92 Å². The first-order valence-corrected chi connectivity index (χ1v) is 5.76. The van der Waals surface area contributed by atoms with Gasteiger partial charge in [0.2, 0.25) is 6.08 Å². The fourth-order valence-electron chi connectivity index (χ4n) is 2.58. The number of nitrogens with zero attached hydrogens (tertiary/aromatic N) is 1. The van der Waals surface area contributed by atoms with Gasteiger partial charge in [0, 0.05) is 17.5 Å². The minimum atomic E-state index is -0.532. The maximum Gasteiger partial charge on any atom is 0.235 e. The van der Waals surface area contributed by atoms with E-state index in [-0.39, 0.29) is 5.75 Å². The molecule has 4 heteroatoms. The summed E-state index contributed by atoms with van der Waals surface area (Å²) in [6.07, 6.45) is 4.00. The summed E-state index contributed by atoms with van der Waals surface area (Å²) in [5, 5.41) is 10.2. The Bertz CT molecular complexity index is 540. The molecule has 2 aliphatic rings. The molecule has 88 valence electrons. The second-order valence-electron chi connectivity index (χ2n) is 4.73. The Morgan fingerprint density at radius 3 is 2.94 bits per heavy atom. The summed E-state index contributed by atoms with van der Waals surface area (Å²) in [7, 11) is 0. The Balaban J connectivity index is 2.25. The predicted molar refractivity (Wildman–Crippen MR) is 61.1 cm³/mol. The molecule has 3 rings (SSSR count). The average molecular weight is 231 g/mol. The highest BCUT2D eigenvalue weighted by Crippen LogP contribution is 2.56. The van der Waals surface area contributed by atoms with Gasteiger partial charge in [0.05, 0.1) is 6.61 Å².